The number of hydrogen-bond acceptors (Lipinski definition) is 6. The molecule has 0 unspecified atom stereocenters. The van der Waals surface area contributed by atoms with Crippen LogP contribution in [0.25, 0.3) is 0 Å². The second-order valence-corrected chi connectivity index (χ2v) is 5.93. The monoisotopic (exact) mass is 371 g/mol. The molecule has 9 nitrogen and oxygen atoms in total. The van der Waals surface area contributed by atoms with Crippen LogP contribution in [-0.2, 0) is 9.59 Å². The number of nitro benzene ring substituents is 1. The largest absolute Gasteiger partial charge is 0.484 e. The second kappa shape index (κ2) is 7.32. The number of nitrogens with one attached hydrogen (secondary N) is 1. The van der Waals surface area contributed by atoms with E-state index < -0.39 is 16.9 Å². The number of nitrogens with zero attached hydrogens (tertiary/aromatic N) is 2. The van der Waals surface area contributed by atoms with Gasteiger partial charge in [0.1, 0.15) is 11.5 Å². The number of rotatable bonds is 5. The summed E-state index contributed by atoms with van der Waals surface area (Å²) in [5.74, 6) is 0.318. The highest BCUT2D eigenvalue weighted by Gasteiger charge is 2.29. The van der Waals surface area contributed by atoms with Crippen molar-refractivity contribution in [3.63, 3.8) is 0 Å². The molecule has 1 N–H and O–H groups in total. The van der Waals surface area contributed by atoms with Crippen LogP contribution in [0.4, 0.5) is 17.1 Å². The minimum absolute atomic E-state index is 0.0592. The molecule has 3 rings (SSSR count). The molecule has 140 valence electrons. The van der Waals surface area contributed by atoms with Crippen molar-refractivity contribution in [2.45, 2.75) is 13.0 Å². The number of fused-ring (bicyclic) bond motifs is 1. The summed E-state index contributed by atoms with van der Waals surface area (Å²) in [4.78, 5) is 35.6. The zero-order valence-electron chi connectivity index (χ0n) is 14.7. The van der Waals surface area contributed by atoms with Crippen LogP contribution >= 0.6 is 0 Å². The van der Waals surface area contributed by atoms with Gasteiger partial charge in [-0.15, -0.1) is 0 Å². The van der Waals surface area contributed by atoms with Crippen LogP contribution in [0.3, 0.4) is 0 Å². The lowest BCUT2D eigenvalue weighted by atomic mass is 10.2. The summed E-state index contributed by atoms with van der Waals surface area (Å²) in [5.41, 5.74) is 0.993. The molecule has 1 atom stereocenters. The third-order valence-electron chi connectivity index (χ3n) is 4.00. The number of hydrogen-bond donors (Lipinski definition) is 1. The minimum Gasteiger partial charge on any atom is -0.484 e. The fraction of sp³-hybridized carbons (Fsp3) is 0.222. The maximum Gasteiger partial charge on any atom is 0.269 e. The molecular weight excluding hydrogens is 354 g/mol. The predicted molar refractivity (Wildman–Crippen MR) is 97.2 cm³/mol. The van der Waals surface area contributed by atoms with Crippen LogP contribution in [0, 0.1) is 10.1 Å². The second-order valence-electron chi connectivity index (χ2n) is 5.93. The molecular formula is C18H17N3O6. The van der Waals surface area contributed by atoms with E-state index in [0.29, 0.717) is 22.9 Å². The molecule has 0 radical (unpaired) electrons. The first kappa shape index (κ1) is 18.2. The van der Waals surface area contributed by atoms with Gasteiger partial charge in [0.05, 0.1) is 10.6 Å². The highest BCUT2D eigenvalue weighted by Crippen LogP contribution is 2.35. The summed E-state index contributed by atoms with van der Waals surface area (Å²) in [5, 5.41) is 13.3. The zero-order valence-corrected chi connectivity index (χ0v) is 14.7. The summed E-state index contributed by atoms with van der Waals surface area (Å²) in [6, 6.07) is 10.4. The maximum absolute atomic E-state index is 12.1. The highest BCUT2D eigenvalue weighted by atomic mass is 16.6. The molecule has 1 heterocycles. The van der Waals surface area contributed by atoms with Crippen LogP contribution < -0.4 is 19.7 Å². The van der Waals surface area contributed by atoms with E-state index in [1.807, 2.05) is 0 Å². The first-order valence-electron chi connectivity index (χ1n) is 8.10. The van der Waals surface area contributed by atoms with Crippen LogP contribution in [0.1, 0.15) is 6.92 Å². The Labute approximate surface area is 154 Å². The average molecular weight is 371 g/mol. The lowest BCUT2D eigenvalue weighted by Gasteiger charge is -2.30. The van der Waals surface area contributed by atoms with Gasteiger partial charge >= 0.3 is 0 Å². The molecule has 0 fully saturated rings. The van der Waals surface area contributed by atoms with Crippen molar-refractivity contribution >= 4 is 28.9 Å². The fourth-order valence-corrected chi connectivity index (χ4v) is 2.60. The zero-order chi connectivity index (χ0) is 19.6. The predicted octanol–water partition coefficient (Wildman–Crippen LogP) is 2.36. The number of carbonyl (C=O) groups excluding carboxylic acids is 2. The molecule has 2 aromatic rings. The van der Waals surface area contributed by atoms with Gasteiger partial charge in [-0.05, 0) is 37.3 Å². The topological polar surface area (TPSA) is 111 Å². The van der Waals surface area contributed by atoms with Gasteiger partial charge in [0, 0.05) is 24.9 Å². The Hall–Kier alpha value is -3.62. The number of benzene rings is 2. The summed E-state index contributed by atoms with van der Waals surface area (Å²) in [6.45, 7) is 1.41. The Bertz CT molecular complexity index is 896. The Morgan fingerprint density at radius 3 is 2.67 bits per heavy atom. The maximum atomic E-state index is 12.1. The van der Waals surface area contributed by atoms with Crippen molar-refractivity contribution in [3.05, 3.63) is 52.6 Å². The Kier molecular flexibility index (Phi) is 4.93. The lowest BCUT2D eigenvalue weighted by Crippen LogP contribution is -2.42. The van der Waals surface area contributed by atoms with Crippen LogP contribution in [-0.4, -0.2) is 36.5 Å². The standard InChI is InChI=1S/C18H17N3O6/c1-11-18(23)20(2)15-9-12(3-8-16(15)27-11)19-17(22)10-26-14-6-4-13(5-7-14)21(24)25/h3-9,11H,10H2,1-2H3,(H,19,22)/t11-/m0/s1. The minimum atomic E-state index is -0.557. The van der Waals surface area contributed by atoms with Crippen molar-refractivity contribution in [1.29, 1.82) is 0 Å². The number of carbonyl (C=O) groups is 2. The molecule has 27 heavy (non-hydrogen) atoms. The third kappa shape index (κ3) is 3.97. The fourth-order valence-electron chi connectivity index (χ4n) is 2.60. The van der Waals surface area contributed by atoms with Crippen molar-refractivity contribution in [3.8, 4) is 11.5 Å². The Balaban J connectivity index is 1.61. The lowest BCUT2D eigenvalue weighted by molar-refractivity contribution is -0.384. The van der Waals surface area contributed by atoms with Crippen molar-refractivity contribution in [2.24, 2.45) is 0 Å². The van der Waals surface area contributed by atoms with Gasteiger partial charge in [-0.25, -0.2) is 0 Å². The van der Waals surface area contributed by atoms with E-state index >= 15 is 0 Å². The molecule has 0 spiro atoms. The van der Waals surface area contributed by atoms with Gasteiger partial charge in [-0.3, -0.25) is 19.7 Å². The van der Waals surface area contributed by atoms with Crippen molar-refractivity contribution in [1.82, 2.24) is 0 Å². The summed E-state index contributed by atoms with van der Waals surface area (Å²) < 4.78 is 10.8. The summed E-state index contributed by atoms with van der Waals surface area (Å²) >= 11 is 0. The van der Waals surface area contributed by atoms with Gasteiger partial charge in [-0.2, -0.15) is 0 Å². The molecule has 0 bridgehead atoms. The smallest absolute Gasteiger partial charge is 0.269 e. The number of nitro groups is 1. The number of likely N-dealkylation sites (N-methyl/N-ethyl adjacent to an activating group) is 1. The van der Waals surface area contributed by atoms with Gasteiger partial charge in [0.15, 0.2) is 12.7 Å². The SMILES string of the molecule is C[C@@H]1Oc2ccc(NC(=O)COc3ccc([N+](=O)[O-])cc3)cc2N(C)C1=O. The van der Waals surface area contributed by atoms with E-state index in [0.717, 1.165) is 0 Å². The van der Waals surface area contributed by atoms with Crippen molar-refractivity contribution < 1.29 is 24.0 Å². The first-order chi connectivity index (χ1) is 12.8. The van der Waals surface area contributed by atoms with E-state index in [1.165, 1.54) is 29.2 Å². The van der Waals surface area contributed by atoms with E-state index in [9.17, 15) is 19.7 Å². The van der Waals surface area contributed by atoms with Gasteiger partial charge < -0.3 is 19.7 Å². The van der Waals surface area contributed by atoms with Gasteiger partial charge in [-0.1, -0.05) is 0 Å². The quantitative estimate of drug-likeness (QED) is 0.638. The van der Waals surface area contributed by atoms with Crippen LogP contribution in [0.5, 0.6) is 11.5 Å². The van der Waals surface area contributed by atoms with E-state index in [2.05, 4.69) is 5.32 Å². The highest BCUT2D eigenvalue weighted by molar-refractivity contribution is 6.00. The molecule has 0 saturated heterocycles. The third-order valence-corrected chi connectivity index (χ3v) is 4.00. The van der Waals surface area contributed by atoms with Gasteiger partial charge in [0.25, 0.3) is 17.5 Å². The van der Waals surface area contributed by atoms with Gasteiger partial charge in [0.2, 0.25) is 0 Å². The molecule has 9 heteroatoms. The molecule has 2 aromatic carbocycles. The van der Waals surface area contributed by atoms with E-state index in [-0.39, 0.29) is 18.2 Å². The molecule has 0 saturated carbocycles. The van der Waals surface area contributed by atoms with Crippen LogP contribution in [0.2, 0.25) is 0 Å². The van der Waals surface area contributed by atoms with Crippen LogP contribution in [0.15, 0.2) is 42.5 Å². The van der Waals surface area contributed by atoms with Crippen molar-refractivity contribution in [2.75, 3.05) is 23.9 Å². The Morgan fingerprint density at radius 2 is 2.00 bits per heavy atom. The number of ether oxygens (including phenoxy) is 2. The molecule has 1 aliphatic heterocycles. The Morgan fingerprint density at radius 1 is 1.30 bits per heavy atom. The first-order valence-corrected chi connectivity index (χ1v) is 8.10. The average Bonchev–Trinajstić information content (AvgIpc) is 2.65. The normalized spacial score (nSPS) is 15.6. The summed E-state index contributed by atoms with van der Waals surface area (Å²) in [7, 11) is 1.64. The number of anilines is 2. The number of amides is 2. The summed E-state index contributed by atoms with van der Waals surface area (Å²) in [6.07, 6.45) is -0.557. The molecule has 0 aliphatic carbocycles. The van der Waals surface area contributed by atoms with E-state index in [1.54, 1.807) is 32.2 Å². The van der Waals surface area contributed by atoms with E-state index in [4.69, 9.17) is 9.47 Å². The molecule has 2 amide bonds. The number of non-ortho nitro benzene ring substituents is 1. The molecule has 1 aliphatic rings. The molecule has 0 aromatic heterocycles.